The molecule has 5 aromatic rings. The van der Waals surface area contributed by atoms with Gasteiger partial charge in [-0.15, -0.1) is 0 Å². The molecule has 0 saturated carbocycles. The molecule has 5 rings (SSSR count). The van der Waals surface area contributed by atoms with Crippen LogP contribution in [0.3, 0.4) is 0 Å². The Hall–Kier alpha value is -3.89. The molecule has 0 saturated heterocycles. The summed E-state index contributed by atoms with van der Waals surface area (Å²) in [5.74, 6) is -1.47. The first kappa shape index (κ1) is 21.0. The molecule has 33 heavy (non-hydrogen) atoms. The van der Waals surface area contributed by atoms with Crippen LogP contribution in [0.1, 0.15) is 10.4 Å². The number of amides is 1. The molecule has 0 aliphatic rings. The van der Waals surface area contributed by atoms with E-state index in [0.29, 0.717) is 25.4 Å². The van der Waals surface area contributed by atoms with Gasteiger partial charge in [0, 0.05) is 23.2 Å². The lowest BCUT2D eigenvalue weighted by molar-refractivity contribution is 0.100. The zero-order valence-electron chi connectivity index (χ0n) is 16.6. The van der Waals surface area contributed by atoms with Gasteiger partial charge in [0.25, 0.3) is 15.9 Å². The fourth-order valence-electron chi connectivity index (χ4n) is 3.51. The number of carbonyl (C=O) groups is 1. The van der Waals surface area contributed by atoms with Crippen molar-refractivity contribution in [1.82, 2.24) is 4.98 Å². The number of hydrogen-bond donors (Lipinski definition) is 0. The summed E-state index contributed by atoms with van der Waals surface area (Å²) in [5.41, 5.74) is 0.374. The van der Waals surface area contributed by atoms with E-state index < -0.39 is 26.7 Å². The number of rotatable bonds is 4. The lowest BCUT2D eigenvalue weighted by Gasteiger charge is -2.24. The minimum Gasteiger partial charge on any atom is -0.413 e. The minimum atomic E-state index is -4.49. The van der Waals surface area contributed by atoms with Gasteiger partial charge in [-0.3, -0.25) is 9.78 Å². The van der Waals surface area contributed by atoms with Gasteiger partial charge in [-0.25, -0.2) is 17.6 Å². The topological polar surface area (TPSA) is 97.6 Å². The third kappa shape index (κ3) is 3.59. The smallest absolute Gasteiger partial charge is 0.396 e. The number of aromatic nitrogens is 1. The Morgan fingerprint density at radius 1 is 1.00 bits per heavy atom. The summed E-state index contributed by atoms with van der Waals surface area (Å²) in [7, 11) is -4.49. The van der Waals surface area contributed by atoms with Crippen LogP contribution < -0.4 is 9.24 Å². The molecule has 2 aromatic heterocycles. The highest BCUT2D eigenvalue weighted by molar-refractivity contribution is 7.93. The molecule has 2 heterocycles. The normalized spacial score (nSPS) is 11.7. The summed E-state index contributed by atoms with van der Waals surface area (Å²) < 4.78 is 47.3. The van der Waals surface area contributed by atoms with E-state index in [1.807, 2.05) is 0 Å². The van der Waals surface area contributed by atoms with Crippen LogP contribution in [-0.4, -0.2) is 19.3 Å². The largest absolute Gasteiger partial charge is 0.413 e. The number of nitrogens with zero attached hydrogens (tertiary/aromatic N) is 2. The van der Waals surface area contributed by atoms with Crippen LogP contribution in [0.25, 0.3) is 21.1 Å². The monoisotopic (exact) mass is 480 g/mol. The van der Waals surface area contributed by atoms with Crippen molar-refractivity contribution in [3.63, 3.8) is 0 Å². The lowest BCUT2D eigenvalue weighted by atomic mass is 10.1. The van der Waals surface area contributed by atoms with E-state index in [9.17, 15) is 22.4 Å². The number of carbonyl (C=O) groups excluding carboxylic acids is 1. The molecule has 0 unspecified atom stereocenters. The molecule has 10 heteroatoms. The number of hydrogen-bond acceptors (Lipinski definition) is 7. The minimum absolute atomic E-state index is 0.0349. The van der Waals surface area contributed by atoms with Crippen LogP contribution in [0.2, 0.25) is 0 Å². The quantitative estimate of drug-likeness (QED) is 0.374. The van der Waals surface area contributed by atoms with E-state index in [4.69, 9.17) is 4.42 Å². The molecule has 7 nitrogen and oxygen atoms in total. The highest BCUT2D eigenvalue weighted by Gasteiger charge is 2.34. The van der Waals surface area contributed by atoms with Gasteiger partial charge in [-0.1, -0.05) is 35.6 Å². The standard InChI is InChI=1S/C23H13FN2O5S2/c24-15-7-9-16(10-8-15)33(29,30)26(22(27)14-4-3-11-25-13-14)19-12-20-21(31-23(28)32-20)18-6-2-1-5-17(18)19/h1-13H. The molecule has 0 N–H and O–H groups in total. The second-order valence-electron chi connectivity index (χ2n) is 6.99. The van der Waals surface area contributed by atoms with Crippen molar-refractivity contribution in [2.45, 2.75) is 4.90 Å². The van der Waals surface area contributed by atoms with Gasteiger partial charge in [0.2, 0.25) is 0 Å². The molecule has 0 aliphatic heterocycles. The number of anilines is 1. The SMILES string of the molecule is O=C(c1cccnc1)N(c1cc2sc(=O)oc2c2ccccc12)S(=O)(=O)c1ccc(F)cc1. The van der Waals surface area contributed by atoms with Crippen molar-refractivity contribution in [2.24, 2.45) is 0 Å². The Morgan fingerprint density at radius 2 is 1.73 bits per heavy atom. The van der Waals surface area contributed by atoms with Gasteiger partial charge >= 0.3 is 4.94 Å². The predicted molar refractivity (Wildman–Crippen MR) is 122 cm³/mol. The Balaban J connectivity index is 1.85. The van der Waals surface area contributed by atoms with E-state index in [1.165, 1.54) is 30.6 Å². The van der Waals surface area contributed by atoms with Crippen LogP contribution >= 0.6 is 11.3 Å². The van der Waals surface area contributed by atoms with Crippen molar-refractivity contribution in [2.75, 3.05) is 4.31 Å². The summed E-state index contributed by atoms with van der Waals surface area (Å²) in [5, 5.41) is 0.858. The number of halogens is 1. The van der Waals surface area contributed by atoms with E-state index in [0.717, 1.165) is 35.6 Å². The molecule has 0 spiro atoms. The van der Waals surface area contributed by atoms with Crippen molar-refractivity contribution in [3.8, 4) is 0 Å². The first-order valence-corrected chi connectivity index (χ1v) is 11.8. The summed E-state index contributed by atoms with van der Waals surface area (Å²) in [6, 6.07) is 15.3. The molecule has 0 aliphatic carbocycles. The summed E-state index contributed by atoms with van der Waals surface area (Å²) in [4.78, 5) is 28.6. The van der Waals surface area contributed by atoms with E-state index in [1.54, 1.807) is 24.3 Å². The van der Waals surface area contributed by atoms with Gasteiger partial charge in [0.15, 0.2) is 5.58 Å². The molecular formula is C23H13FN2O5S2. The molecule has 0 radical (unpaired) electrons. The second kappa shape index (κ2) is 7.91. The molecule has 3 aromatic carbocycles. The van der Waals surface area contributed by atoms with Crippen LogP contribution in [0.4, 0.5) is 10.1 Å². The number of sulfonamides is 1. The Morgan fingerprint density at radius 3 is 2.42 bits per heavy atom. The maximum atomic E-state index is 13.7. The van der Waals surface area contributed by atoms with E-state index in [-0.39, 0.29) is 16.1 Å². The fourth-order valence-corrected chi connectivity index (χ4v) is 5.66. The molecule has 1 amide bonds. The number of benzene rings is 3. The molecule has 0 bridgehead atoms. The molecule has 0 atom stereocenters. The summed E-state index contributed by atoms with van der Waals surface area (Å²) in [6.07, 6.45) is 2.71. The van der Waals surface area contributed by atoms with Crippen molar-refractivity contribution < 1.29 is 22.0 Å². The molecule has 0 fully saturated rings. The van der Waals surface area contributed by atoms with Crippen LogP contribution in [0.15, 0.2) is 93.2 Å². The van der Waals surface area contributed by atoms with Gasteiger partial charge in [0.1, 0.15) is 5.82 Å². The van der Waals surface area contributed by atoms with Gasteiger partial charge in [-0.2, -0.15) is 4.31 Å². The van der Waals surface area contributed by atoms with Crippen LogP contribution in [0, 0.1) is 5.82 Å². The summed E-state index contributed by atoms with van der Waals surface area (Å²) in [6.45, 7) is 0. The molecular weight excluding hydrogens is 467 g/mol. The maximum absolute atomic E-state index is 13.7. The Kier molecular flexibility index (Phi) is 5.03. The van der Waals surface area contributed by atoms with Gasteiger partial charge < -0.3 is 4.42 Å². The average Bonchev–Trinajstić information content (AvgIpc) is 3.20. The lowest BCUT2D eigenvalue weighted by Crippen LogP contribution is -2.37. The van der Waals surface area contributed by atoms with E-state index in [2.05, 4.69) is 4.98 Å². The number of pyridine rings is 1. The number of fused-ring (bicyclic) bond motifs is 3. The third-order valence-corrected chi connectivity index (χ3v) is 7.47. The van der Waals surface area contributed by atoms with Crippen LogP contribution in [0.5, 0.6) is 0 Å². The fraction of sp³-hybridized carbons (Fsp3) is 0. The Bertz CT molecular complexity index is 1680. The Labute approximate surface area is 190 Å². The zero-order chi connectivity index (χ0) is 23.2. The third-order valence-electron chi connectivity index (χ3n) is 4.98. The van der Waals surface area contributed by atoms with Crippen molar-refractivity contribution in [3.05, 3.63) is 100 Å². The zero-order valence-corrected chi connectivity index (χ0v) is 18.3. The average molecular weight is 480 g/mol. The van der Waals surface area contributed by atoms with Crippen LogP contribution in [-0.2, 0) is 10.0 Å². The van der Waals surface area contributed by atoms with E-state index >= 15 is 0 Å². The predicted octanol–water partition coefficient (Wildman–Crippen LogP) is 4.58. The first-order chi connectivity index (χ1) is 15.9. The maximum Gasteiger partial charge on any atom is 0.396 e. The molecule has 164 valence electrons. The highest BCUT2D eigenvalue weighted by atomic mass is 32.2. The van der Waals surface area contributed by atoms with Gasteiger partial charge in [0.05, 0.1) is 20.8 Å². The van der Waals surface area contributed by atoms with Crippen molar-refractivity contribution in [1.29, 1.82) is 0 Å². The highest BCUT2D eigenvalue weighted by Crippen LogP contribution is 2.38. The second-order valence-corrected chi connectivity index (χ2v) is 9.76. The first-order valence-electron chi connectivity index (χ1n) is 9.57. The summed E-state index contributed by atoms with van der Waals surface area (Å²) >= 11 is 0.798. The van der Waals surface area contributed by atoms with Gasteiger partial charge in [-0.05, 0) is 42.5 Å². The van der Waals surface area contributed by atoms with Crippen molar-refractivity contribution >= 4 is 54.0 Å².